The van der Waals surface area contributed by atoms with E-state index in [4.69, 9.17) is 4.74 Å². The molecule has 0 amide bonds. The van der Waals surface area contributed by atoms with E-state index in [2.05, 4.69) is 56.9 Å². The Labute approximate surface area is 158 Å². The number of nitrogens with zero attached hydrogens (tertiary/aromatic N) is 1. The Balaban J connectivity index is 2.53. The van der Waals surface area contributed by atoms with E-state index < -0.39 is 0 Å². The first kappa shape index (κ1) is 20.3. The molecule has 2 rings (SSSR count). The molecule has 142 valence electrons. The number of benzene rings is 2. The molecule has 0 fully saturated rings. The van der Waals surface area contributed by atoms with E-state index in [1.165, 1.54) is 16.8 Å². The summed E-state index contributed by atoms with van der Waals surface area (Å²) in [6.07, 6.45) is 2.06. The van der Waals surface area contributed by atoms with Gasteiger partial charge in [0.2, 0.25) is 0 Å². The number of methoxy groups -OCH3 is 1. The molecule has 0 saturated heterocycles. The summed E-state index contributed by atoms with van der Waals surface area (Å²) in [5.41, 5.74) is 5.04. The van der Waals surface area contributed by atoms with Crippen LogP contribution in [0.2, 0.25) is 0 Å². The quantitative estimate of drug-likeness (QED) is 0.543. The minimum Gasteiger partial charge on any atom is -0.508 e. The van der Waals surface area contributed by atoms with Gasteiger partial charge in [-0.25, -0.2) is 0 Å². The summed E-state index contributed by atoms with van der Waals surface area (Å²) >= 11 is 0. The number of anilines is 2. The zero-order valence-electron chi connectivity index (χ0n) is 16.8. The summed E-state index contributed by atoms with van der Waals surface area (Å²) in [5, 5.41) is 10.0. The van der Waals surface area contributed by atoms with Gasteiger partial charge in [0, 0.05) is 37.7 Å². The van der Waals surface area contributed by atoms with Gasteiger partial charge in [0.1, 0.15) is 5.75 Å². The molecule has 3 heteroatoms. The number of para-hydroxylation sites is 1. The highest BCUT2D eigenvalue weighted by molar-refractivity contribution is 5.72. The first-order valence-corrected chi connectivity index (χ1v) is 9.64. The molecule has 0 aliphatic heterocycles. The summed E-state index contributed by atoms with van der Waals surface area (Å²) in [7, 11) is 1.75. The average molecular weight is 356 g/mol. The van der Waals surface area contributed by atoms with Crippen molar-refractivity contribution in [1.29, 1.82) is 0 Å². The van der Waals surface area contributed by atoms with Crippen LogP contribution in [0.15, 0.2) is 42.5 Å². The number of unbranched alkanes of at least 4 members (excludes halogenated alkanes) is 1. The third-order valence-corrected chi connectivity index (χ3v) is 4.73. The highest BCUT2D eigenvalue weighted by Crippen LogP contribution is 2.39. The molecule has 0 aliphatic rings. The summed E-state index contributed by atoms with van der Waals surface area (Å²) in [6.45, 7) is 10.7. The lowest BCUT2D eigenvalue weighted by Gasteiger charge is -2.32. The lowest BCUT2D eigenvalue weighted by atomic mass is 9.91. The predicted octanol–water partition coefficient (Wildman–Crippen LogP) is 6.20. The van der Waals surface area contributed by atoms with Crippen LogP contribution in [0, 0.1) is 0 Å². The third-order valence-electron chi connectivity index (χ3n) is 4.73. The molecule has 0 bridgehead atoms. The van der Waals surface area contributed by atoms with Gasteiger partial charge >= 0.3 is 0 Å². The summed E-state index contributed by atoms with van der Waals surface area (Å²) in [4.78, 5) is 2.38. The van der Waals surface area contributed by atoms with Crippen LogP contribution in [-0.4, -0.2) is 25.4 Å². The fourth-order valence-electron chi connectivity index (χ4n) is 3.37. The van der Waals surface area contributed by atoms with Crippen LogP contribution < -0.4 is 4.90 Å². The fourth-order valence-corrected chi connectivity index (χ4v) is 3.37. The maximum absolute atomic E-state index is 10.0. The van der Waals surface area contributed by atoms with E-state index in [1.807, 2.05) is 12.1 Å². The summed E-state index contributed by atoms with van der Waals surface area (Å²) in [6, 6.07) is 14.2. The highest BCUT2D eigenvalue weighted by atomic mass is 16.5. The van der Waals surface area contributed by atoms with Gasteiger partial charge in [-0.1, -0.05) is 52.0 Å². The van der Waals surface area contributed by atoms with Gasteiger partial charge in [-0.15, -0.1) is 0 Å². The van der Waals surface area contributed by atoms with Crippen molar-refractivity contribution in [2.45, 2.75) is 52.4 Å². The maximum Gasteiger partial charge on any atom is 0.117 e. The average Bonchev–Trinajstić information content (AvgIpc) is 2.61. The molecular weight excluding hydrogens is 322 g/mol. The summed E-state index contributed by atoms with van der Waals surface area (Å²) < 4.78 is 5.22. The second-order valence-electron chi connectivity index (χ2n) is 7.47. The van der Waals surface area contributed by atoms with Gasteiger partial charge in [-0.3, -0.25) is 0 Å². The molecule has 26 heavy (non-hydrogen) atoms. The first-order valence-electron chi connectivity index (χ1n) is 9.64. The van der Waals surface area contributed by atoms with Crippen molar-refractivity contribution in [3.63, 3.8) is 0 Å². The van der Waals surface area contributed by atoms with Gasteiger partial charge in [-0.05, 0) is 47.9 Å². The normalized spacial score (nSPS) is 11.3. The molecule has 2 aromatic carbocycles. The van der Waals surface area contributed by atoms with Crippen LogP contribution in [0.4, 0.5) is 11.4 Å². The SMILES string of the molecule is COCCCCN(c1cccc(O)c1)c1c(C(C)C)cccc1C(C)C. The minimum atomic E-state index is 0.303. The number of ether oxygens (including phenoxy) is 1. The van der Waals surface area contributed by atoms with Crippen LogP contribution in [0.3, 0.4) is 0 Å². The van der Waals surface area contributed by atoms with Crippen molar-refractivity contribution >= 4 is 11.4 Å². The van der Waals surface area contributed by atoms with Crippen LogP contribution in [-0.2, 0) is 4.74 Å². The van der Waals surface area contributed by atoms with Gasteiger partial charge in [-0.2, -0.15) is 0 Å². The summed E-state index contributed by atoms with van der Waals surface area (Å²) in [5.74, 6) is 1.17. The Morgan fingerprint density at radius 3 is 2.08 bits per heavy atom. The van der Waals surface area contributed by atoms with Crippen LogP contribution >= 0.6 is 0 Å². The molecule has 1 N–H and O–H groups in total. The number of aromatic hydroxyl groups is 1. The van der Waals surface area contributed by atoms with E-state index in [0.717, 1.165) is 31.7 Å². The molecule has 3 nitrogen and oxygen atoms in total. The van der Waals surface area contributed by atoms with Gasteiger partial charge in [0.25, 0.3) is 0 Å². The molecule has 0 heterocycles. The number of rotatable bonds is 9. The lowest BCUT2D eigenvalue weighted by molar-refractivity contribution is 0.193. The van der Waals surface area contributed by atoms with Crippen molar-refractivity contribution in [3.05, 3.63) is 53.6 Å². The highest BCUT2D eigenvalue weighted by Gasteiger charge is 2.20. The van der Waals surface area contributed by atoms with Crippen molar-refractivity contribution in [2.24, 2.45) is 0 Å². The Morgan fingerprint density at radius 2 is 1.54 bits per heavy atom. The smallest absolute Gasteiger partial charge is 0.117 e. The first-order chi connectivity index (χ1) is 12.5. The molecule has 0 spiro atoms. The number of phenolic OH excluding ortho intramolecular Hbond substituents is 1. The number of phenols is 1. The molecule has 0 aromatic heterocycles. The fraction of sp³-hybridized carbons (Fsp3) is 0.478. The number of hydrogen-bond acceptors (Lipinski definition) is 3. The minimum absolute atomic E-state index is 0.303. The van der Waals surface area contributed by atoms with Gasteiger partial charge in [0.15, 0.2) is 0 Å². The van der Waals surface area contributed by atoms with E-state index in [0.29, 0.717) is 17.6 Å². The maximum atomic E-state index is 10.0. The topological polar surface area (TPSA) is 32.7 Å². The van der Waals surface area contributed by atoms with Crippen LogP contribution in [0.25, 0.3) is 0 Å². The van der Waals surface area contributed by atoms with Gasteiger partial charge < -0.3 is 14.7 Å². The molecule has 0 aliphatic carbocycles. The molecule has 0 unspecified atom stereocenters. The molecule has 0 atom stereocenters. The Morgan fingerprint density at radius 1 is 0.923 bits per heavy atom. The third kappa shape index (κ3) is 5.01. The van der Waals surface area contributed by atoms with Crippen molar-refractivity contribution in [3.8, 4) is 5.75 Å². The lowest BCUT2D eigenvalue weighted by Crippen LogP contribution is -2.22. The van der Waals surface area contributed by atoms with E-state index in [1.54, 1.807) is 13.2 Å². The van der Waals surface area contributed by atoms with E-state index in [-0.39, 0.29) is 0 Å². The Kier molecular flexibility index (Phi) is 7.52. The standard InChI is InChI=1S/C23H33NO2/c1-17(2)21-12-9-13-22(18(3)4)23(21)24(14-6-7-15-26-5)19-10-8-11-20(25)16-19/h8-13,16-18,25H,6-7,14-15H2,1-5H3. The van der Waals surface area contributed by atoms with Crippen LogP contribution in [0.1, 0.15) is 63.5 Å². The molecular formula is C23H33NO2. The molecule has 2 aromatic rings. The molecule has 0 saturated carbocycles. The van der Waals surface area contributed by atoms with Crippen molar-refractivity contribution in [1.82, 2.24) is 0 Å². The largest absolute Gasteiger partial charge is 0.508 e. The zero-order chi connectivity index (χ0) is 19.1. The molecule has 0 radical (unpaired) electrons. The Hall–Kier alpha value is -2.00. The van der Waals surface area contributed by atoms with Crippen molar-refractivity contribution < 1.29 is 9.84 Å². The van der Waals surface area contributed by atoms with E-state index >= 15 is 0 Å². The van der Waals surface area contributed by atoms with Gasteiger partial charge in [0.05, 0.1) is 0 Å². The van der Waals surface area contributed by atoms with Crippen LogP contribution in [0.5, 0.6) is 5.75 Å². The number of hydrogen-bond donors (Lipinski definition) is 1. The van der Waals surface area contributed by atoms with E-state index in [9.17, 15) is 5.11 Å². The monoisotopic (exact) mass is 355 g/mol. The van der Waals surface area contributed by atoms with Crippen molar-refractivity contribution in [2.75, 3.05) is 25.2 Å². The Bertz CT molecular complexity index is 668. The zero-order valence-corrected chi connectivity index (χ0v) is 16.8. The second-order valence-corrected chi connectivity index (χ2v) is 7.47. The predicted molar refractivity (Wildman–Crippen MR) is 111 cm³/mol. The second kappa shape index (κ2) is 9.63.